The topological polar surface area (TPSA) is 228 Å². The summed E-state index contributed by atoms with van der Waals surface area (Å²) in [4.78, 5) is 47.0. The number of anilines is 1. The van der Waals surface area contributed by atoms with E-state index in [2.05, 4.69) is 23.8 Å². The Morgan fingerprint density at radius 2 is 1.40 bits per heavy atom. The minimum Gasteiger partial charge on any atom is -0.478 e. The van der Waals surface area contributed by atoms with Crippen LogP contribution in [0.15, 0.2) is 30.5 Å². The van der Waals surface area contributed by atoms with Gasteiger partial charge in [-0.3, -0.25) is 4.68 Å². The molecule has 9 rings (SSSR count). The molecule has 0 radical (unpaired) electrons. The molecule has 21 nitrogen and oxygen atoms in total. The summed E-state index contributed by atoms with van der Waals surface area (Å²) in [6.07, 6.45) is 4.75. The second-order valence-corrected chi connectivity index (χ2v) is 25.5. The molecule has 444 valence electrons. The molecule has 2 N–H and O–H groups in total. The molecule has 5 fully saturated rings. The Labute approximate surface area is 471 Å². The van der Waals surface area contributed by atoms with Crippen molar-refractivity contribution >= 4 is 23.8 Å². The number of amides is 1. The van der Waals surface area contributed by atoms with E-state index in [1.54, 1.807) is 6.07 Å². The van der Waals surface area contributed by atoms with Gasteiger partial charge in [0.2, 0.25) is 0 Å². The summed E-state index contributed by atoms with van der Waals surface area (Å²) >= 11 is 0. The van der Waals surface area contributed by atoms with Crippen molar-refractivity contribution in [3.63, 3.8) is 0 Å². The van der Waals surface area contributed by atoms with Gasteiger partial charge in [-0.1, -0.05) is 19.9 Å². The van der Waals surface area contributed by atoms with Crippen LogP contribution in [-0.2, 0) is 82.8 Å². The number of pyridine rings is 1. The van der Waals surface area contributed by atoms with Gasteiger partial charge < -0.3 is 72.2 Å². The number of carboxylic acid groups (broad SMARTS) is 1. The summed E-state index contributed by atoms with van der Waals surface area (Å²) in [6.45, 7) is 19.9. The third-order valence-electron chi connectivity index (χ3n) is 16.0. The largest absolute Gasteiger partial charge is 0.478 e. The van der Waals surface area contributed by atoms with Gasteiger partial charge in [0.05, 0.1) is 36.7 Å². The fourth-order valence-corrected chi connectivity index (χ4v) is 14.5. The Hall–Kier alpha value is -4.81. The van der Waals surface area contributed by atoms with E-state index >= 15 is 0 Å². The van der Waals surface area contributed by atoms with Crippen molar-refractivity contribution in [3.05, 3.63) is 64.1 Å². The quantitative estimate of drug-likeness (QED) is 0.0465. The van der Waals surface area contributed by atoms with Gasteiger partial charge >= 0.3 is 18.0 Å². The molecule has 7 atom stereocenters. The van der Waals surface area contributed by atoms with Crippen LogP contribution in [0.1, 0.15) is 137 Å². The van der Waals surface area contributed by atoms with Crippen LogP contribution in [-0.4, -0.2) is 167 Å². The number of alkyl carbamates (subject to hydrolysis) is 1. The number of aromatic nitrogens is 3. The number of nitrogens with one attached hydrogen (secondary N) is 1. The highest BCUT2D eigenvalue weighted by Crippen LogP contribution is 2.72. The summed E-state index contributed by atoms with van der Waals surface area (Å²) in [7, 11) is 6.11. The maximum absolute atomic E-state index is 14.4. The lowest BCUT2D eigenvalue weighted by atomic mass is 9.39. The molecule has 1 amide bonds. The Bertz CT molecular complexity index is 2630. The van der Waals surface area contributed by atoms with Gasteiger partial charge in [0.1, 0.15) is 68.6 Å². The third kappa shape index (κ3) is 14.3. The summed E-state index contributed by atoms with van der Waals surface area (Å²) in [5.74, 6) is -1.15. The predicted molar refractivity (Wildman–Crippen MR) is 293 cm³/mol. The normalized spacial score (nSPS) is 28.2. The number of hydrogen-bond acceptors (Lipinski definition) is 18. The molecular weight excluding hydrogens is 1030 g/mol. The number of carbonyl (C=O) groups is 3. The van der Waals surface area contributed by atoms with Gasteiger partial charge in [0.25, 0.3) is 0 Å². The van der Waals surface area contributed by atoms with E-state index in [1.165, 1.54) is 28.4 Å². The van der Waals surface area contributed by atoms with Gasteiger partial charge in [-0.2, -0.15) is 5.10 Å². The molecule has 1 saturated heterocycles. The van der Waals surface area contributed by atoms with E-state index in [-0.39, 0.29) is 73.4 Å². The summed E-state index contributed by atoms with van der Waals surface area (Å²) in [5.41, 5.74) is 3.26. The molecule has 3 aromatic rings. The number of rotatable bonds is 25. The third-order valence-corrected chi connectivity index (χ3v) is 16.0. The molecule has 4 saturated carbocycles. The molecule has 21 heteroatoms. The van der Waals surface area contributed by atoms with E-state index in [4.69, 9.17) is 66.9 Å². The van der Waals surface area contributed by atoms with Gasteiger partial charge in [-0.25, -0.2) is 19.4 Å². The lowest BCUT2D eigenvalue weighted by Gasteiger charge is -2.69. The summed E-state index contributed by atoms with van der Waals surface area (Å²) in [6, 6.07) is 7.25. The number of hydrogen-bond donors (Lipinski definition) is 2. The van der Waals surface area contributed by atoms with E-state index in [0.717, 1.165) is 60.9 Å². The van der Waals surface area contributed by atoms with Crippen molar-refractivity contribution in [1.82, 2.24) is 20.1 Å². The Kier molecular flexibility index (Phi) is 19.1. The first-order valence-electron chi connectivity index (χ1n) is 27.9. The van der Waals surface area contributed by atoms with Crippen LogP contribution in [0.4, 0.5) is 10.6 Å². The first-order chi connectivity index (χ1) is 37.8. The number of carbonyl (C=O) groups excluding carboxylic acids is 2. The van der Waals surface area contributed by atoms with Crippen LogP contribution in [0, 0.1) is 23.2 Å². The van der Waals surface area contributed by atoms with E-state index < -0.39 is 59.8 Å². The monoisotopic (exact) mass is 1120 g/mol. The number of aromatic carboxylic acids is 1. The van der Waals surface area contributed by atoms with Crippen LogP contribution in [0.5, 0.6) is 0 Å². The minimum atomic E-state index is -1.07. The van der Waals surface area contributed by atoms with Gasteiger partial charge in [0, 0.05) is 77.9 Å². The Morgan fingerprint density at radius 1 is 0.762 bits per heavy atom. The SMILES string of the molecule is COCOC[C@@H]1OC(Cc2ccc(C(=O)O)c3c2CCN(c2ccc(-c4cnn(CC56CC7(C)CC(C)(C5)CC(OCCNC(=O)OC(C)(C)C)(C7)C6)c4C)c(C(=O)OC(C)(C)C)n2)C3)[C@@H](OCOC)[C@H](OCOC)C1OCOC. The van der Waals surface area contributed by atoms with Crippen molar-refractivity contribution in [2.75, 3.05) is 86.8 Å². The van der Waals surface area contributed by atoms with Crippen molar-refractivity contribution in [2.24, 2.45) is 16.2 Å². The molecular formula is C59H87N5O16. The standard InChI is InChI=1S/C59H87N5O16/c1-37-42(23-61-64(37)32-58-27-56(8)26-57(9,28-58)30-59(29-56,31-58)77-21-19-60-53(68)80-55(5,6)7)40-16-17-46(62-47(40)52(67)79-54(2,3)4)63-20-18-39-38(14-15-41(51(65)66)43(39)24-63)22-44-48(74-34-70-11)50(76-36-72-13)49(75-35-71-12)45(78-44)25-73-33-69-10/h14-17,23,44-45,48-50H,18-22,24-36H2,1-13H3,(H,60,68)(H,65,66)/t44?,45-,48+,49?,50-,56?,57?,58?,59?/m0/s1. The zero-order chi connectivity index (χ0) is 57.8. The van der Waals surface area contributed by atoms with Crippen LogP contribution < -0.4 is 10.2 Å². The second kappa shape index (κ2) is 25.0. The maximum Gasteiger partial charge on any atom is 0.407 e. The zero-order valence-corrected chi connectivity index (χ0v) is 49.4. The summed E-state index contributed by atoms with van der Waals surface area (Å²) in [5, 5.41) is 18.6. The van der Waals surface area contributed by atoms with Crippen molar-refractivity contribution in [2.45, 2.75) is 174 Å². The average molecular weight is 1120 g/mol. The van der Waals surface area contributed by atoms with E-state index in [9.17, 15) is 19.5 Å². The zero-order valence-electron chi connectivity index (χ0n) is 49.4. The highest BCUT2D eigenvalue weighted by Gasteiger charge is 2.66. The first kappa shape index (κ1) is 61.3. The van der Waals surface area contributed by atoms with Crippen molar-refractivity contribution in [1.29, 1.82) is 0 Å². The fourth-order valence-electron chi connectivity index (χ4n) is 14.5. The number of nitrogens with zero attached hydrogens (tertiary/aromatic N) is 4. The van der Waals surface area contributed by atoms with Crippen molar-refractivity contribution in [3.8, 4) is 11.1 Å². The molecule has 0 spiro atoms. The lowest BCUT2D eigenvalue weighted by molar-refractivity contribution is -0.297. The van der Waals surface area contributed by atoms with Crippen molar-refractivity contribution < 1.29 is 76.3 Å². The van der Waals surface area contributed by atoms with Gasteiger partial charge in [-0.05, 0) is 145 Å². The van der Waals surface area contributed by atoms with Crippen LogP contribution in [0.2, 0.25) is 0 Å². The Morgan fingerprint density at radius 3 is 2.02 bits per heavy atom. The molecule has 4 heterocycles. The highest BCUT2D eigenvalue weighted by molar-refractivity contribution is 5.96. The smallest absolute Gasteiger partial charge is 0.407 e. The number of ether oxygens (including phenoxy) is 12. The number of carboxylic acids is 1. The van der Waals surface area contributed by atoms with E-state index in [0.29, 0.717) is 56.0 Å². The molecule has 2 aliphatic heterocycles. The first-order valence-corrected chi connectivity index (χ1v) is 27.9. The van der Waals surface area contributed by atoms with Gasteiger partial charge in [-0.15, -0.1) is 0 Å². The second-order valence-electron chi connectivity index (χ2n) is 25.5. The number of fused-ring (bicyclic) bond motifs is 1. The average Bonchev–Trinajstić information content (AvgIpc) is 3.05. The molecule has 6 aliphatic rings. The minimum absolute atomic E-state index is 0.0233. The molecule has 4 unspecified atom stereocenters. The number of esters is 1. The number of benzene rings is 1. The molecule has 1 aromatic carbocycles. The highest BCUT2D eigenvalue weighted by atomic mass is 16.7. The Balaban J connectivity index is 1.06. The molecule has 4 bridgehead atoms. The molecule has 2 aromatic heterocycles. The number of methoxy groups -OCH3 is 4. The maximum atomic E-state index is 14.4. The molecule has 4 aliphatic carbocycles. The lowest BCUT2D eigenvalue weighted by Crippen LogP contribution is -2.64. The predicted octanol–water partition coefficient (Wildman–Crippen LogP) is 8.03. The summed E-state index contributed by atoms with van der Waals surface area (Å²) < 4.78 is 73.0. The van der Waals surface area contributed by atoms with Gasteiger partial charge in [0.15, 0.2) is 5.69 Å². The van der Waals surface area contributed by atoms with Crippen LogP contribution in [0.25, 0.3) is 11.1 Å². The van der Waals surface area contributed by atoms with E-state index in [1.807, 2.05) is 77.8 Å². The molecule has 80 heavy (non-hydrogen) atoms. The van der Waals surface area contributed by atoms with Crippen LogP contribution >= 0.6 is 0 Å². The fraction of sp³-hybridized carbons (Fsp3) is 0.712. The van der Waals surface area contributed by atoms with Crippen LogP contribution in [0.3, 0.4) is 0 Å².